The third kappa shape index (κ3) is 5.35. The maximum Gasteiger partial charge on any atom is 0.318 e. The lowest BCUT2D eigenvalue weighted by molar-refractivity contribution is -0.00904. The second kappa shape index (κ2) is 8.85. The Bertz CT molecular complexity index is 525. The van der Waals surface area contributed by atoms with Crippen LogP contribution in [0.25, 0.3) is 0 Å². The van der Waals surface area contributed by atoms with Gasteiger partial charge in [-0.1, -0.05) is 36.4 Å². The molecule has 0 aliphatic carbocycles. The molecular formula is C19H29N3O2. The molecule has 1 aliphatic rings. The average Bonchev–Trinajstić information content (AvgIpc) is 2.61. The highest BCUT2D eigenvalue weighted by Gasteiger charge is 2.29. The second-order valence-corrected chi connectivity index (χ2v) is 6.73. The van der Waals surface area contributed by atoms with Gasteiger partial charge in [-0.2, -0.15) is 0 Å². The molecule has 1 aliphatic heterocycles. The van der Waals surface area contributed by atoms with E-state index in [2.05, 4.69) is 30.6 Å². The number of amides is 2. The fraction of sp³-hybridized carbons (Fsp3) is 0.526. The lowest BCUT2D eigenvalue weighted by Crippen LogP contribution is -2.56. The number of nitrogens with one attached hydrogen (secondary N) is 1. The molecule has 0 spiro atoms. The topological polar surface area (TPSA) is 44.8 Å². The zero-order chi connectivity index (χ0) is 17.4. The Morgan fingerprint density at radius 3 is 2.62 bits per heavy atom. The fourth-order valence-corrected chi connectivity index (χ4v) is 2.86. The Balaban J connectivity index is 1.90. The van der Waals surface area contributed by atoms with Crippen LogP contribution in [0.1, 0.15) is 19.4 Å². The number of morpholine rings is 1. The number of hydrogen-bond donors (Lipinski definition) is 1. The molecule has 0 bridgehead atoms. The largest absolute Gasteiger partial charge is 0.379 e. The summed E-state index contributed by atoms with van der Waals surface area (Å²) < 4.78 is 5.41. The molecule has 1 heterocycles. The molecule has 1 N–H and O–H groups in total. The highest BCUT2D eigenvalue weighted by atomic mass is 16.5. The van der Waals surface area contributed by atoms with Gasteiger partial charge in [0.05, 0.1) is 13.2 Å². The summed E-state index contributed by atoms with van der Waals surface area (Å²) in [7, 11) is 0. The van der Waals surface area contributed by atoms with Gasteiger partial charge in [-0.05, 0) is 19.4 Å². The van der Waals surface area contributed by atoms with Crippen LogP contribution in [-0.4, -0.2) is 60.8 Å². The molecule has 0 unspecified atom stereocenters. The Hall–Kier alpha value is -1.85. The summed E-state index contributed by atoms with van der Waals surface area (Å²) in [5.74, 6) is 0. The summed E-state index contributed by atoms with van der Waals surface area (Å²) in [5.41, 5.74) is 1.02. The van der Waals surface area contributed by atoms with E-state index in [1.807, 2.05) is 30.3 Å². The van der Waals surface area contributed by atoms with Gasteiger partial charge in [0.2, 0.25) is 0 Å². The number of carbonyl (C=O) groups is 1. The highest BCUT2D eigenvalue weighted by molar-refractivity contribution is 5.74. The molecule has 0 saturated carbocycles. The van der Waals surface area contributed by atoms with E-state index in [9.17, 15) is 4.79 Å². The van der Waals surface area contributed by atoms with Crippen LogP contribution in [0.4, 0.5) is 4.79 Å². The number of hydrogen-bond acceptors (Lipinski definition) is 3. The highest BCUT2D eigenvalue weighted by Crippen LogP contribution is 2.15. The zero-order valence-electron chi connectivity index (χ0n) is 14.8. The van der Waals surface area contributed by atoms with E-state index in [1.54, 1.807) is 11.0 Å². The Morgan fingerprint density at radius 1 is 1.33 bits per heavy atom. The van der Waals surface area contributed by atoms with Crippen molar-refractivity contribution in [3.05, 3.63) is 48.6 Å². The van der Waals surface area contributed by atoms with Gasteiger partial charge in [-0.15, -0.1) is 6.58 Å². The van der Waals surface area contributed by atoms with Crippen molar-refractivity contribution in [3.8, 4) is 0 Å². The molecule has 5 nitrogen and oxygen atoms in total. The van der Waals surface area contributed by atoms with Crippen LogP contribution < -0.4 is 5.32 Å². The lowest BCUT2D eigenvalue weighted by Gasteiger charge is -2.41. The predicted molar refractivity (Wildman–Crippen MR) is 96.9 cm³/mol. The van der Waals surface area contributed by atoms with E-state index in [-0.39, 0.29) is 11.6 Å². The van der Waals surface area contributed by atoms with Gasteiger partial charge in [-0.3, -0.25) is 4.90 Å². The first kappa shape index (κ1) is 18.5. The summed E-state index contributed by atoms with van der Waals surface area (Å²) in [5, 5.41) is 3.08. The van der Waals surface area contributed by atoms with Crippen molar-refractivity contribution in [2.24, 2.45) is 0 Å². The minimum Gasteiger partial charge on any atom is -0.379 e. The van der Waals surface area contributed by atoms with Crippen molar-refractivity contribution in [1.29, 1.82) is 0 Å². The number of benzene rings is 1. The van der Waals surface area contributed by atoms with Crippen LogP contribution >= 0.6 is 0 Å². The van der Waals surface area contributed by atoms with E-state index in [0.717, 1.165) is 31.9 Å². The van der Waals surface area contributed by atoms with Crippen LogP contribution in [0, 0.1) is 0 Å². The molecule has 2 rings (SSSR count). The van der Waals surface area contributed by atoms with Crippen molar-refractivity contribution >= 4 is 6.03 Å². The first-order valence-electron chi connectivity index (χ1n) is 8.53. The van der Waals surface area contributed by atoms with Crippen LogP contribution in [0.5, 0.6) is 0 Å². The van der Waals surface area contributed by atoms with Crippen molar-refractivity contribution in [1.82, 2.24) is 15.1 Å². The summed E-state index contributed by atoms with van der Waals surface area (Å²) in [6.07, 6.45) is 1.76. The zero-order valence-corrected chi connectivity index (χ0v) is 14.8. The van der Waals surface area contributed by atoms with E-state index in [4.69, 9.17) is 4.74 Å². The summed E-state index contributed by atoms with van der Waals surface area (Å²) >= 11 is 0. The van der Waals surface area contributed by atoms with Crippen molar-refractivity contribution < 1.29 is 9.53 Å². The molecule has 1 aromatic rings. The smallest absolute Gasteiger partial charge is 0.318 e. The number of rotatable bonds is 7. The quantitative estimate of drug-likeness (QED) is 0.781. The number of urea groups is 1. The molecule has 2 amide bonds. The predicted octanol–water partition coefficient (Wildman–Crippen LogP) is 2.50. The van der Waals surface area contributed by atoms with Gasteiger partial charge in [-0.25, -0.2) is 4.79 Å². The molecule has 1 saturated heterocycles. The van der Waals surface area contributed by atoms with E-state index >= 15 is 0 Å². The Kier molecular flexibility index (Phi) is 6.82. The molecule has 132 valence electrons. The molecule has 0 radical (unpaired) electrons. The molecular weight excluding hydrogens is 302 g/mol. The third-order valence-corrected chi connectivity index (χ3v) is 4.39. The van der Waals surface area contributed by atoms with Gasteiger partial charge >= 0.3 is 6.03 Å². The minimum absolute atomic E-state index is 0.0555. The minimum atomic E-state index is -0.0912. The summed E-state index contributed by atoms with van der Waals surface area (Å²) in [6.45, 7) is 13.1. The van der Waals surface area contributed by atoms with E-state index in [0.29, 0.717) is 19.6 Å². The number of nitrogens with zero attached hydrogens (tertiary/aromatic N) is 2. The molecule has 1 fully saturated rings. The van der Waals surface area contributed by atoms with E-state index < -0.39 is 0 Å². The third-order valence-electron chi connectivity index (χ3n) is 4.39. The van der Waals surface area contributed by atoms with Crippen molar-refractivity contribution in [2.75, 3.05) is 39.4 Å². The van der Waals surface area contributed by atoms with Crippen LogP contribution in [0.15, 0.2) is 43.0 Å². The van der Waals surface area contributed by atoms with Gasteiger partial charge < -0.3 is 15.0 Å². The average molecular weight is 331 g/mol. The first-order valence-corrected chi connectivity index (χ1v) is 8.53. The second-order valence-electron chi connectivity index (χ2n) is 6.73. The monoisotopic (exact) mass is 331 g/mol. The number of carbonyl (C=O) groups excluding carboxylic acids is 1. The molecule has 5 heteroatoms. The van der Waals surface area contributed by atoms with Gasteiger partial charge in [0.1, 0.15) is 0 Å². The first-order chi connectivity index (χ1) is 11.5. The number of ether oxygens (including phenoxy) is 1. The van der Waals surface area contributed by atoms with Gasteiger partial charge in [0, 0.05) is 38.3 Å². The van der Waals surface area contributed by atoms with E-state index in [1.165, 1.54) is 0 Å². The SMILES string of the molecule is C=CCN(Cc1ccccc1)C(=O)NCC(C)(C)N1CCOCC1. The van der Waals surface area contributed by atoms with Crippen LogP contribution in [0.2, 0.25) is 0 Å². The fourth-order valence-electron chi connectivity index (χ4n) is 2.86. The Labute approximate surface area is 145 Å². The Morgan fingerprint density at radius 2 is 2.00 bits per heavy atom. The van der Waals surface area contributed by atoms with Gasteiger partial charge in [0.25, 0.3) is 0 Å². The molecule has 24 heavy (non-hydrogen) atoms. The van der Waals surface area contributed by atoms with Gasteiger partial charge in [0.15, 0.2) is 0 Å². The van der Waals surface area contributed by atoms with Crippen molar-refractivity contribution in [3.63, 3.8) is 0 Å². The lowest BCUT2D eigenvalue weighted by atomic mass is 10.0. The van der Waals surface area contributed by atoms with Crippen LogP contribution in [-0.2, 0) is 11.3 Å². The standard InChI is InChI=1S/C19H29N3O2/c1-4-10-21(15-17-8-6-5-7-9-17)18(23)20-16-19(2,3)22-11-13-24-14-12-22/h4-9H,1,10-16H2,2-3H3,(H,20,23). The normalized spacial score (nSPS) is 15.8. The maximum atomic E-state index is 12.6. The summed E-state index contributed by atoms with van der Waals surface area (Å²) in [6, 6.07) is 9.95. The maximum absolute atomic E-state index is 12.6. The molecule has 0 aromatic heterocycles. The van der Waals surface area contributed by atoms with Crippen molar-refractivity contribution in [2.45, 2.75) is 25.9 Å². The summed E-state index contributed by atoms with van der Waals surface area (Å²) in [4.78, 5) is 16.7. The molecule has 1 aromatic carbocycles. The van der Waals surface area contributed by atoms with Crippen LogP contribution in [0.3, 0.4) is 0 Å². The molecule has 0 atom stereocenters.